The minimum Gasteiger partial charge on any atom is -0.491 e. The maximum atomic E-state index is 10.8. The molecular formula is C15H19NO5. The van der Waals surface area contributed by atoms with Crippen LogP contribution in [0.3, 0.4) is 0 Å². The molecule has 1 N–H and O–H groups in total. The molecule has 1 fully saturated rings. The molecule has 0 bridgehead atoms. The number of hydrogen-bond donors (Lipinski definition) is 1. The van der Waals surface area contributed by atoms with E-state index in [2.05, 4.69) is 0 Å². The molecule has 2 rings (SSSR count). The fourth-order valence-corrected chi connectivity index (χ4v) is 2.23. The molecule has 0 spiro atoms. The molecule has 1 aliphatic rings. The molecule has 1 aromatic rings. The highest BCUT2D eigenvalue weighted by molar-refractivity contribution is 5.74. The number of benzene rings is 1. The van der Waals surface area contributed by atoms with Crippen LogP contribution in [-0.2, 0) is 4.74 Å². The van der Waals surface area contributed by atoms with Crippen LogP contribution >= 0.6 is 0 Å². The van der Waals surface area contributed by atoms with Crippen LogP contribution in [0.1, 0.15) is 23.2 Å². The van der Waals surface area contributed by atoms with Gasteiger partial charge in [-0.15, -0.1) is 0 Å². The second-order valence-corrected chi connectivity index (χ2v) is 4.88. The Hall–Kier alpha value is -2.08. The lowest BCUT2D eigenvalue weighted by atomic mass is 10.1. The largest absolute Gasteiger partial charge is 0.491 e. The average Bonchev–Trinajstić information content (AvgIpc) is 2.52. The summed E-state index contributed by atoms with van der Waals surface area (Å²) in [5, 5.41) is 8.85. The third-order valence-electron chi connectivity index (χ3n) is 3.43. The lowest BCUT2D eigenvalue weighted by Crippen LogP contribution is -2.40. The van der Waals surface area contributed by atoms with Crippen molar-refractivity contribution in [3.63, 3.8) is 0 Å². The van der Waals surface area contributed by atoms with Crippen LogP contribution in [0, 0.1) is 0 Å². The molecule has 114 valence electrons. The summed E-state index contributed by atoms with van der Waals surface area (Å²) in [6.45, 7) is 1.94. The zero-order valence-electron chi connectivity index (χ0n) is 11.7. The number of nitrogens with zero attached hydrogens (tertiary/aromatic N) is 1. The van der Waals surface area contributed by atoms with Crippen molar-refractivity contribution in [1.82, 2.24) is 4.90 Å². The van der Waals surface area contributed by atoms with Crippen LogP contribution in [0.25, 0.3) is 0 Å². The molecule has 6 heteroatoms. The summed E-state index contributed by atoms with van der Waals surface area (Å²) >= 11 is 0. The Balaban J connectivity index is 1.61. The Morgan fingerprint density at radius 1 is 1.24 bits per heavy atom. The van der Waals surface area contributed by atoms with Gasteiger partial charge in [-0.2, -0.15) is 0 Å². The summed E-state index contributed by atoms with van der Waals surface area (Å²) in [6.07, 6.45) is 1.47. The number of amides is 1. The molecule has 21 heavy (non-hydrogen) atoms. The minimum atomic E-state index is -0.865. The molecule has 1 saturated heterocycles. The van der Waals surface area contributed by atoms with Crippen molar-refractivity contribution in [3.8, 4) is 5.75 Å². The maximum absolute atomic E-state index is 10.8. The van der Waals surface area contributed by atoms with E-state index in [1.54, 1.807) is 24.3 Å². The number of aldehydes is 1. The number of piperidine rings is 1. The molecule has 1 amide bonds. The lowest BCUT2D eigenvalue weighted by Gasteiger charge is -2.29. The zero-order valence-corrected chi connectivity index (χ0v) is 11.7. The minimum absolute atomic E-state index is 0.0987. The van der Waals surface area contributed by atoms with Crippen molar-refractivity contribution in [2.75, 3.05) is 26.3 Å². The third kappa shape index (κ3) is 4.75. The topological polar surface area (TPSA) is 76.1 Å². The smallest absolute Gasteiger partial charge is 0.407 e. The van der Waals surface area contributed by atoms with Crippen LogP contribution in [-0.4, -0.2) is 54.8 Å². The predicted octanol–water partition coefficient (Wildman–Crippen LogP) is 2.04. The molecule has 1 aromatic carbocycles. The van der Waals surface area contributed by atoms with Crippen LogP contribution in [0.4, 0.5) is 4.79 Å². The van der Waals surface area contributed by atoms with Gasteiger partial charge in [0.05, 0.1) is 12.7 Å². The first-order chi connectivity index (χ1) is 10.2. The number of rotatable bonds is 6. The summed E-state index contributed by atoms with van der Waals surface area (Å²) in [5.41, 5.74) is 0.615. The third-order valence-corrected chi connectivity index (χ3v) is 3.43. The van der Waals surface area contributed by atoms with Gasteiger partial charge in [0.1, 0.15) is 18.6 Å². The van der Waals surface area contributed by atoms with Gasteiger partial charge in [-0.25, -0.2) is 4.79 Å². The Morgan fingerprint density at radius 3 is 2.48 bits per heavy atom. The van der Waals surface area contributed by atoms with Gasteiger partial charge in [-0.1, -0.05) is 0 Å². The number of ether oxygens (including phenoxy) is 2. The van der Waals surface area contributed by atoms with Gasteiger partial charge in [0, 0.05) is 18.7 Å². The first-order valence-corrected chi connectivity index (χ1v) is 6.96. The molecule has 0 aromatic heterocycles. The van der Waals surface area contributed by atoms with Crippen LogP contribution < -0.4 is 4.74 Å². The standard InChI is InChI=1S/C15H19NO5/c17-11-12-1-3-13(4-2-12)20-9-10-21-14-5-7-16(8-6-14)15(18)19/h1-4,11,14H,5-10H2,(H,18,19). The van der Waals surface area contributed by atoms with Crippen molar-refractivity contribution < 1.29 is 24.2 Å². The van der Waals surface area contributed by atoms with E-state index in [1.807, 2.05) is 0 Å². The monoisotopic (exact) mass is 293 g/mol. The first-order valence-electron chi connectivity index (χ1n) is 6.96. The quantitative estimate of drug-likeness (QED) is 0.641. The molecule has 0 unspecified atom stereocenters. The van der Waals surface area contributed by atoms with E-state index in [9.17, 15) is 9.59 Å². The number of hydrogen-bond acceptors (Lipinski definition) is 4. The zero-order chi connectivity index (χ0) is 15.1. The van der Waals surface area contributed by atoms with Crippen LogP contribution in [0.15, 0.2) is 24.3 Å². The second-order valence-electron chi connectivity index (χ2n) is 4.88. The van der Waals surface area contributed by atoms with E-state index in [4.69, 9.17) is 14.6 Å². The normalized spacial score (nSPS) is 15.7. The number of carbonyl (C=O) groups excluding carboxylic acids is 1. The molecular weight excluding hydrogens is 274 g/mol. The fourth-order valence-electron chi connectivity index (χ4n) is 2.23. The van der Waals surface area contributed by atoms with Gasteiger partial charge in [0.25, 0.3) is 0 Å². The number of likely N-dealkylation sites (tertiary alicyclic amines) is 1. The first kappa shape index (κ1) is 15.3. The summed E-state index contributed by atoms with van der Waals surface area (Å²) in [4.78, 5) is 22.7. The predicted molar refractivity (Wildman–Crippen MR) is 75.9 cm³/mol. The van der Waals surface area contributed by atoms with Gasteiger partial charge >= 0.3 is 6.09 Å². The Bertz CT molecular complexity index is 465. The maximum Gasteiger partial charge on any atom is 0.407 e. The van der Waals surface area contributed by atoms with Gasteiger partial charge in [-0.3, -0.25) is 4.79 Å². The summed E-state index contributed by atoms with van der Waals surface area (Å²) in [6, 6.07) is 6.89. The molecule has 0 aliphatic carbocycles. The van der Waals surface area contributed by atoms with E-state index >= 15 is 0 Å². The number of carboxylic acid groups (broad SMARTS) is 1. The van der Waals surface area contributed by atoms with Gasteiger partial charge in [0.2, 0.25) is 0 Å². The summed E-state index contributed by atoms with van der Waals surface area (Å²) < 4.78 is 11.2. The number of carbonyl (C=O) groups is 2. The lowest BCUT2D eigenvalue weighted by molar-refractivity contribution is -0.00180. The van der Waals surface area contributed by atoms with Crippen molar-refractivity contribution in [3.05, 3.63) is 29.8 Å². The molecule has 1 heterocycles. The van der Waals surface area contributed by atoms with Gasteiger partial charge in [0.15, 0.2) is 0 Å². The Kier molecular flexibility index (Phi) is 5.57. The van der Waals surface area contributed by atoms with Crippen molar-refractivity contribution >= 4 is 12.4 Å². The van der Waals surface area contributed by atoms with Crippen molar-refractivity contribution in [1.29, 1.82) is 0 Å². The van der Waals surface area contributed by atoms with E-state index < -0.39 is 6.09 Å². The highest BCUT2D eigenvalue weighted by Crippen LogP contribution is 2.14. The molecule has 0 radical (unpaired) electrons. The summed E-state index contributed by atoms with van der Waals surface area (Å²) in [7, 11) is 0. The molecule has 1 aliphatic heterocycles. The highest BCUT2D eigenvalue weighted by atomic mass is 16.5. The van der Waals surface area contributed by atoms with Crippen molar-refractivity contribution in [2.45, 2.75) is 18.9 Å². The highest BCUT2D eigenvalue weighted by Gasteiger charge is 2.22. The van der Waals surface area contributed by atoms with E-state index in [-0.39, 0.29) is 6.10 Å². The van der Waals surface area contributed by atoms with Crippen LogP contribution in [0.2, 0.25) is 0 Å². The second kappa shape index (κ2) is 7.64. The van der Waals surface area contributed by atoms with Crippen molar-refractivity contribution in [2.24, 2.45) is 0 Å². The van der Waals surface area contributed by atoms with Gasteiger partial charge in [-0.05, 0) is 37.1 Å². The van der Waals surface area contributed by atoms with Crippen LogP contribution in [0.5, 0.6) is 5.75 Å². The van der Waals surface area contributed by atoms with E-state index in [1.165, 1.54) is 4.90 Å². The SMILES string of the molecule is O=Cc1ccc(OCCOC2CCN(C(=O)O)CC2)cc1. The fraction of sp³-hybridized carbons (Fsp3) is 0.467. The average molecular weight is 293 g/mol. The Morgan fingerprint density at radius 2 is 1.90 bits per heavy atom. The van der Waals surface area contributed by atoms with Gasteiger partial charge < -0.3 is 19.5 Å². The Labute approximate surface area is 123 Å². The van der Waals surface area contributed by atoms with E-state index in [0.717, 1.165) is 19.1 Å². The molecule has 0 atom stereocenters. The van der Waals surface area contributed by atoms with E-state index in [0.29, 0.717) is 37.6 Å². The molecule has 6 nitrogen and oxygen atoms in total. The summed E-state index contributed by atoms with van der Waals surface area (Å²) in [5.74, 6) is 0.699. The molecule has 0 saturated carbocycles.